The molecule has 0 N–H and O–H groups in total. The molecule has 1 fully saturated rings. The molecule has 1 saturated carbocycles. The van der Waals surface area contributed by atoms with Crippen molar-refractivity contribution in [1.29, 1.82) is 5.26 Å². The fraction of sp³-hybridized carbons (Fsp3) is 0.533. The molecule has 0 heterocycles. The van der Waals surface area contributed by atoms with Gasteiger partial charge >= 0.3 is 0 Å². The number of rotatable bonds is 5. The lowest BCUT2D eigenvalue weighted by Gasteiger charge is -2.12. The van der Waals surface area contributed by atoms with Crippen molar-refractivity contribution < 1.29 is 8.42 Å². The molecular weight excluding hydrogens is 258 g/mol. The van der Waals surface area contributed by atoms with Crippen LogP contribution >= 0.6 is 0 Å². The van der Waals surface area contributed by atoms with Gasteiger partial charge in [0.1, 0.15) is 0 Å². The molecule has 1 aromatic rings. The van der Waals surface area contributed by atoms with Crippen LogP contribution in [0.2, 0.25) is 0 Å². The molecule has 0 aliphatic heterocycles. The normalized spacial score (nSPS) is 17.2. The van der Waals surface area contributed by atoms with Crippen molar-refractivity contribution in [1.82, 2.24) is 0 Å². The van der Waals surface area contributed by atoms with E-state index in [0.717, 1.165) is 18.4 Å². The van der Waals surface area contributed by atoms with Crippen molar-refractivity contribution in [2.24, 2.45) is 5.41 Å². The Morgan fingerprint density at radius 3 is 2.26 bits per heavy atom. The highest BCUT2D eigenvalue weighted by Crippen LogP contribution is 2.50. The van der Waals surface area contributed by atoms with Crippen LogP contribution in [0.25, 0.3) is 0 Å². The summed E-state index contributed by atoms with van der Waals surface area (Å²) in [7, 11) is -3.27. The van der Waals surface area contributed by atoms with E-state index in [-0.39, 0.29) is 11.2 Å². The maximum absolute atomic E-state index is 12.3. The summed E-state index contributed by atoms with van der Waals surface area (Å²) in [6, 6.07) is 9.23. The zero-order chi connectivity index (χ0) is 14.1. The highest BCUT2D eigenvalue weighted by molar-refractivity contribution is 7.91. The molecule has 0 saturated heterocycles. The van der Waals surface area contributed by atoms with Gasteiger partial charge in [-0.2, -0.15) is 5.26 Å². The van der Waals surface area contributed by atoms with E-state index in [1.165, 1.54) is 0 Å². The third-order valence-electron chi connectivity index (χ3n) is 3.81. The molecule has 0 unspecified atom stereocenters. The van der Waals surface area contributed by atoms with E-state index in [9.17, 15) is 8.42 Å². The van der Waals surface area contributed by atoms with E-state index in [4.69, 9.17) is 5.26 Å². The van der Waals surface area contributed by atoms with E-state index >= 15 is 0 Å². The largest absolute Gasteiger partial charge is 0.224 e. The number of hydrogen-bond acceptors (Lipinski definition) is 3. The fourth-order valence-corrected chi connectivity index (χ4v) is 4.18. The smallest absolute Gasteiger partial charge is 0.178 e. The Balaban J connectivity index is 2.18. The van der Waals surface area contributed by atoms with Gasteiger partial charge in [0.15, 0.2) is 9.84 Å². The summed E-state index contributed by atoms with van der Waals surface area (Å²) in [5, 5.41) is 8.76. The molecule has 0 radical (unpaired) electrons. The summed E-state index contributed by atoms with van der Waals surface area (Å²) in [5.41, 5.74) is 0.863. The van der Waals surface area contributed by atoms with Gasteiger partial charge in [0.2, 0.25) is 0 Å². The van der Waals surface area contributed by atoms with Crippen molar-refractivity contribution in [3.8, 4) is 6.07 Å². The molecule has 0 atom stereocenters. The van der Waals surface area contributed by atoms with Gasteiger partial charge in [-0.05, 0) is 41.9 Å². The number of sulfone groups is 1. The van der Waals surface area contributed by atoms with E-state index in [1.807, 2.05) is 12.1 Å². The van der Waals surface area contributed by atoms with Crippen molar-refractivity contribution in [2.75, 3.05) is 5.75 Å². The second kappa shape index (κ2) is 4.97. The first-order chi connectivity index (χ1) is 8.88. The Morgan fingerprint density at radius 2 is 1.84 bits per heavy atom. The van der Waals surface area contributed by atoms with Crippen molar-refractivity contribution in [3.63, 3.8) is 0 Å². The Kier molecular flexibility index (Phi) is 3.69. The van der Waals surface area contributed by atoms with Crippen LogP contribution in [0.3, 0.4) is 0 Å². The maximum atomic E-state index is 12.3. The standard InChI is InChI=1S/C15H19NO2S/c1-12(2)13-3-5-14(6-4-13)19(17,18)11-15(7-8-15)9-10-16/h3-6,12H,7-9,11H2,1-2H3. The molecule has 0 spiro atoms. The summed E-state index contributed by atoms with van der Waals surface area (Å²) < 4.78 is 24.7. The molecule has 1 aromatic carbocycles. The minimum atomic E-state index is -3.27. The molecule has 0 amide bonds. The summed E-state index contributed by atoms with van der Waals surface area (Å²) in [6.07, 6.45) is 2.05. The summed E-state index contributed by atoms with van der Waals surface area (Å²) >= 11 is 0. The highest BCUT2D eigenvalue weighted by Gasteiger charge is 2.46. The third kappa shape index (κ3) is 3.16. The first kappa shape index (κ1) is 14.1. The molecule has 1 aliphatic carbocycles. The van der Waals surface area contributed by atoms with Gasteiger partial charge in [0.25, 0.3) is 0 Å². The molecule has 19 heavy (non-hydrogen) atoms. The van der Waals surface area contributed by atoms with Gasteiger partial charge < -0.3 is 0 Å². The van der Waals surface area contributed by atoms with E-state index in [2.05, 4.69) is 19.9 Å². The molecule has 4 heteroatoms. The molecule has 3 nitrogen and oxygen atoms in total. The predicted octanol–water partition coefficient (Wildman–Crippen LogP) is 3.28. The molecule has 102 valence electrons. The Morgan fingerprint density at radius 1 is 1.26 bits per heavy atom. The van der Waals surface area contributed by atoms with Crippen LogP contribution in [0, 0.1) is 16.7 Å². The summed E-state index contributed by atoms with van der Waals surface area (Å²) in [4.78, 5) is 0.376. The van der Waals surface area contributed by atoms with E-state index in [0.29, 0.717) is 17.2 Å². The Bertz CT molecular complexity index is 590. The SMILES string of the molecule is CC(C)c1ccc(S(=O)(=O)CC2(CC#N)CC2)cc1. The van der Waals surface area contributed by atoms with Crippen LogP contribution in [0.15, 0.2) is 29.2 Å². The van der Waals surface area contributed by atoms with E-state index < -0.39 is 9.84 Å². The minimum Gasteiger partial charge on any atom is -0.224 e. The molecular formula is C15H19NO2S. The average molecular weight is 277 g/mol. The fourth-order valence-electron chi connectivity index (χ4n) is 2.26. The molecule has 0 bridgehead atoms. The second-order valence-electron chi connectivity index (χ2n) is 5.82. The Labute approximate surface area is 115 Å². The average Bonchev–Trinajstić information content (AvgIpc) is 3.08. The first-order valence-corrected chi connectivity index (χ1v) is 8.23. The quantitative estimate of drug-likeness (QED) is 0.830. The van der Waals surface area contributed by atoms with Gasteiger partial charge in [-0.1, -0.05) is 26.0 Å². The van der Waals surface area contributed by atoms with Crippen molar-refractivity contribution >= 4 is 9.84 Å². The summed E-state index contributed by atoms with van der Waals surface area (Å²) in [5.74, 6) is 0.499. The van der Waals surface area contributed by atoms with Gasteiger partial charge in [-0.25, -0.2) is 8.42 Å². The Hall–Kier alpha value is -1.34. The monoisotopic (exact) mass is 277 g/mol. The van der Waals surface area contributed by atoms with Gasteiger partial charge in [-0.3, -0.25) is 0 Å². The number of nitriles is 1. The molecule has 1 aliphatic rings. The lowest BCUT2D eigenvalue weighted by Crippen LogP contribution is -2.17. The van der Waals surface area contributed by atoms with Crippen molar-refractivity contribution in [2.45, 2.75) is 43.9 Å². The number of nitrogens with zero attached hydrogens (tertiary/aromatic N) is 1. The zero-order valence-electron chi connectivity index (χ0n) is 11.4. The lowest BCUT2D eigenvalue weighted by atomic mass is 10.0. The van der Waals surface area contributed by atoms with Crippen molar-refractivity contribution in [3.05, 3.63) is 29.8 Å². The van der Waals surface area contributed by atoms with Crippen LogP contribution in [-0.2, 0) is 9.84 Å². The van der Waals surface area contributed by atoms with Crippen LogP contribution < -0.4 is 0 Å². The lowest BCUT2D eigenvalue weighted by molar-refractivity contribution is 0.548. The van der Waals surface area contributed by atoms with Crippen LogP contribution in [-0.4, -0.2) is 14.2 Å². The minimum absolute atomic E-state index is 0.106. The molecule has 0 aromatic heterocycles. The zero-order valence-corrected chi connectivity index (χ0v) is 12.2. The highest BCUT2D eigenvalue weighted by atomic mass is 32.2. The third-order valence-corrected chi connectivity index (χ3v) is 5.80. The first-order valence-electron chi connectivity index (χ1n) is 6.58. The van der Waals surface area contributed by atoms with Crippen LogP contribution in [0.1, 0.15) is 44.6 Å². The predicted molar refractivity (Wildman–Crippen MR) is 74.5 cm³/mol. The number of benzene rings is 1. The second-order valence-corrected chi connectivity index (χ2v) is 7.81. The van der Waals surface area contributed by atoms with E-state index in [1.54, 1.807) is 12.1 Å². The van der Waals surface area contributed by atoms with Gasteiger partial charge in [0.05, 0.1) is 16.7 Å². The van der Waals surface area contributed by atoms with Crippen LogP contribution in [0.5, 0.6) is 0 Å². The van der Waals surface area contributed by atoms with Gasteiger partial charge in [-0.15, -0.1) is 0 Å². The molecule has 2 rings (SSSR count). The maximum Gasteiger partial charge on any atom is 0.178 e. The topological polar surface area (TPSA) is 57.9 Å². The van der Waals surface area contributed by atoms with Crippen LogP contribution in [0.4, 0.5) is 0 Å². The summed E-state index contributed by atoms with van der Waals surface area (Å²) in [6.45, 7) is 4.16. The van der Waals surface area contributed by atoms with Gasteiger partial charge in [0, 0.05) is 6.42 Å². The number of hydrogen-bond donors (Lipinski definition) is 0.